The SMILES string of the molecule is CCc1ccc(-c2ccc(Cl)nc2C)cc1C1=C(O)[C@H]2CC[C@H](C2)C1=O. The number of fused-ring (bicyclic) bond motifs is 2. The Kier molecular flexibility index (Phi) is 4.36. The van der Waals surface area contributed by atoms with Gasteiger partial charge in [-0.3, -0.25) is 4.79 Å². The summed E-state index contributed by atoms with van der Waals surface area (Å²) >= 11 is 5.99. The van der Waals surface area contributed by atoms with Crippen LogP contribution in [0.15, 0.2) is 36.1 Å². The van der Waals surface area contributed by atoms with Crippen LogP contribution in [0.25, 0.3) is 16.7 Å². The smallest absolute Gasteiger partial charge is 0.169 e. The maximum absolute atomic E-state index is 13.0. The van der Waals surface area contributed by atoms with Crippen molar-refractivity contribution in [1.82, 2.24) is 4.98 Å². The zero-order valence-electron chi connectivity index (χ0n) is 15.1. The number of aliphatic hydroxyl groups excluding tert-OH is 1. The van der Waals surface area contributed by atoms with Gasteiger partial charge in [-0.15, -0.1) is 0 Å². The number of hydrogen-bond acceptors (Lipinski definition) is 3. The normalized spacial score (nSPS) is 22.2. The topological polar surface area (TPSA) is 50.2 Å². The lowest BCUT2D eigenvalue weighted by Gasteiger charge is -2.23. The molecule has 4 heteroatoms. The molecule has 1 saturated carbocycles. The molecule has 2 aliphatic rings. The molecule has 2 bridgehead atoms. The Morgan fingerprint density at radius 3 is 2.65 bits per heavy atom. The van der Waals surface area contributed by atoms with Gasteiger partial charge in [0, 0.05) is 23.1 Å². The molecule has 3 nitrogen and oxygen atoms in total. The van der Waals surface area contributed by atoms with E-state index in [-0.39, 0.29) is 17.6 Å². The molecule has 0 saturated heterocycles. The summed E-state index contributed by atoms with van der Waals surface area (Å²) in [5.41, 5.74) is 5.33. The predicted molar refractivity (Wildman–Crippen MR) is 104 cm³/mol. The maximum atomic E-state index is 13.0. The lowest BCUT2D eigenvalue weighted by molar-refractivity contribution is -0.117. The average molecular weight is 368 g/mol. The molecule has 134 valence electrons. The average Bonchev–Trinajstić information content (AvgIpc) is 3.07. The van der Waals surface area contributed by atoms with Crippen LogP contribution in [0.5, 0.6) is 0 Å². The van der Waals surface area contributed by atoms with Gasteiger partial charge in [-0.2, -0.15) is 0 Å². The maximum Gasteiger partial charge on any atom is 0.169 e. The first-order valence-corrected chi connectivity index (χ1v) is 9.61. The first-order chi connectivity index (χ1) is 12.5. The number of aliphatic hydroxyl groups is 1. The van der Waals surface area contributed by atoms with E-state index in [4.69, 9.17) is 11.6 Å². The highest BCUT2D eigenvalue weighted by Gasteiger charge is 2.41. The van der Waals surface area contributed by atoms with Gasteiger partial charge in [0.2, 0.25) is 0 Å². The number of pyridine rings is 1. The highest BCUT2D eigenvalue weighted by atomic mass is 35.5. The number of hydrogen-bond donors (Lipinski definition) is 1. The molecule has 2 atom stereocenters. The number of ketones is 1. The molecule has 2 aromatic rings. The third kappa shape index (κ3) is 2.75. The van der Waals surface area contributed by atoms with E-state index in [0.717, 1.165) is 53.6 Å². The molecule has 1 aromatic carbocycles. The third-order valence-corrected chi connectivity index (χ3v) is 6.03. The molecule has 26 heavy (non-hydrogen) atoms. The number of Topliss-reactive ketones (excluding diaryl/α,β-unsaturated/α-hetero) is 1. The van der Waals surface area contributed by atoms with E-state index < -0.39 is 0 Å². The first kappa shape index (κ1) is 17.3. The summed E-state index contributed by atoms with van der Waals surface area (Å²) in [5.74, 6) is 0.605. The van der Waals surface area contributed by atoms with Crippen molar-refractivity contribution in [3.8, 4) is 11.1 Å². The van der Waals surface area contributed by atoms with Crippen LogP contribution < -0.4 is 0 Å². The van der Waals surface area contributed by atoms with Crippen molar-refractivity contribution in [3.63, 3.8) is 0 Å². The van der Waals surface area contributed by atoms with E-state index in [1.807, 2.05) is 19.1 Å². The Labute approximate surface area is 158 Å². The molecule has 4 rings (SSSR count). The molecular weight excluding hydrogens is 346 g/mol. The van der Waals surface area contributed by atoms with E-state index in [0.29, 0.717) is 16.5 Å². The fraction of sp³-hybridized carbons (Fsp3) is 0.364. The fourth-order valence-electron chi connectivity index (χ4n) is 4.39. The van der Waals surface area contributed by atoms with Crippen LogP contribution >= 0.6 is 11.6 Å². The van der Waals surface area contributed by atoms with Crippen LogP contribution in [0.1, 0.15) is 43.0 Å². The molecule has 2 aliphatic carbocycles. The summed E-state index contributed by atoms with van der Waals surface area (Å²) in [7, 11) is 0. The van der Waals surface area contributed by atoms with Crippen LogP contribution in [0.3, 0.4) is 0 Å². The number of carbonyl (C=O) groups is 1. The number of aryl methyl sites for hydroxylation is 2. The molecule has 1 aromatic heterocycles. The summed E-state index contributed by atoms with van der Waals surface area (Å²) in [6, 6.07) is 9.88. The second-order valence-corrected chi connectivity index (χ2v) is 7.71. The number of rotatable bonds is 3. The number of allylic oxidation sites excluding steroid dienone is 2. The van der Waals surface area contributed by atoms with Gasteiger partial charge in [-0.1, -0.05) is 30.7 Å². The first-order valence-electron chi connectivity index (χ1n) is 9.23. The van der Waals surface area contributed by atoms with Gasteiger partial charge in [0.05, 0.1) is 5.57 Å². The van der Waals surface area contributed by atoms with Gasteiger partial charge in [0.1, 0.15) is 10.9 Å². The Morgan fingerprint density at radius 2 is 1.92 bits per heavy atom. The van der Waals surface area contributed by atoms with Gasteiger partial charge >= 0.3 is 0 Å². The van der Waals surface area contributed by atoms with Gasteiger partial charge < -0.3 is 5.11 Å². The molecule has 0 amide bonds. The van der Waals surface area contributed by atoms with E-state index in [2.05, 4.69) is 24.0 Å². The van der Waals surface area contributed by atoms with Crippen molar-refractivity contribution in [2.45, 2.75) is 39.5 Å². The van der Waals surface area contributed by atoms with Gasteiger partial charge in [0.15, 0.2) is 5.78 Å². The Bertz CT molecular complexity index is 932. The lowest BCUT2D eigenvalue weighted by atomic mass is 9.81. The highest BCUT2D eigenvalue weighted by molar-refractivity contribution is 6.29. The van der Waals surface area contributed by atoms with Crippen LogP contribution in [0, 0.1) is 18.8 Å². The molecule has 0 radical (unpaired) electrons. The molecular formula is C22H22ClNO2. The Balaban J connectivity index is 1.88. The van der Waals surface area contributed by atoms with Crippen molar-refractivity contribution in [1.29, 1.82) is 0 Å². The van der Waals surface area contributed by atoms with Crippen molar-refractivity contribution in [2.24, 2.45) is 11.8 Å². The Hall–Kier alpha value is -2.13. The summed E-state index contributed by atoms with van der Waals surface area (Å²) < 4.78 is 0. The molecule has 1 N–H and O–H groups in total. The summed E-state index contributed by atoms with van der Waals surface area (Å²) in [4.78, 5) is 17.3. The largest absolute Gasteiger partial charge is 0.511 e. The van der Waals surface area contributed by atoms with Crippen LogP contribution in [-0.4, -0.2) is 15.9 Å². The van der Waals surface area contributed by atoms with E-state index >= 15 is 0 Å². The highest BCUT2D eigenvalue weighted by Crippen LogP contribution is 2.46. The van der Waals surface area contributed by atoms with Crippen LogP contribution in [0.4, 0.5) is 0 Å². The number of halogens is 1. The van der Waals surface area contributed by atoms with Gasteiger partial charge in [-0.25, -0.2) is 4.98 Å². The van der Waals surface area contributed by atoms with Crippen molar-refractivity contribution < 1.29 is 9.90 Å². The van der Waals surface area contributed by atoms with E-state index in [9.17, 15) is 9.90 Å². The van der Waals surface area contributed by atoms with Crippen LogP contribution in [0.2, 0.25) is 5.15 Å². The monoisotopic (exact) mass is 367 g/mol. The predicted octanol–water partition coefficient (Wildman–Crippen LogP) is 5.54. The summed E-state index contributed by atoms with van der Waals surface area (Å²) in [5, 5.41) is 11.2. The van der Waals surface area contributed by atoms with Crippen molar-refractivity contribution in [3.05, 3.63) is 58.1 Å². The summed E-state index contributed by atoms with van der Waals surface area (Å²) in [6.45, 7) is 4.00. The second-order valence-electron chi connectivity index (χ2n) is 7.32. The van der Waals surface area contributed by atoms with Crippen LogP contribution in [-0.2, 0) is 11.2 Å². The van der Waals surface area contributed by atoms with Gasteiger partial charge in [0.25, 0.3) is 0 Å². The van der Waals surface area contributed by atoms with Gasteiger partial charge in [-0.05, 0) is 67.5 Å². The Morgan fingerprint density at radius 1 is 1.15 bits per heavy atom. The zero-order chi connectivity index (χ0) is 18.4. The minimum atomic E-state index is 0.0678. The minimum Gasteiger partial charge on any atom is -0.511 e. The summed E-state index contributed by atoms with van der Waals surface area (Å²) in [6.07, 6.45) is 3.41. The zero-order valence-corrected chi connectivity index (χ0v) is 15.8. The number of nitrogens with zero attached hydrogens (tertiary/aromatic N) is 1. The molecule has 0 spiro atoms. The number of benzene rings is 1. The van der Waals surface area contributed by atoms with Crippen molar-refractivity contribution in [2.75, 3.05) is 0 Å². The van der Waals surface area contributed by atoms with E-state index in [1.165, 1.54) is 0 Å². The second kappa shape index (κ2) is 6.55. The molecule has 1 fully saturated rings. The fourth-order valence-corrected chi connectivity index (χ4v) is 4.58. The minimum absolute atomic E-state index is 0.0678. The molecule has 0 aliphatic heterocycles. The van der Waals surface area contributed by atoms with Crippen molar-refractivity contribution >= 4 is 23.0 Å². The van der Waals surface area contributed by atoms with E-state index in [1.54, 1.807) is 6.07 Å². The molecule has 1 heterocycles. The standard InChI is InChI=1S/C22H22ClNO2/c1-3-13-4-5-14(17-8-9-19(23)24-12(17)2)11-18(13)20-21(25)15-6-7-16(10-15)22(20)26/h4-5,8-9,11,15-16,25H,3,6-7,10H2,1-2H3/t15-,16+/m0/s1. The number of carbonyl (C=O) groups excluding carboxylic acids is 1. The molecule has 0 unspecified atom stereocenters. The lowest BCUT2D eigenvalue weighted by Crippen LogP contribution is -2.22. The quantitative estimate of drug-likeness (QED) is 0.724. The third-order valence-electron chi connectivity index (χ3n) is 5.82. The number of aromatic nitrogens is 1.